The zero-order chi connectivity index (χ0) is 55.5. The molecule has 3 aliphatic heterocycles. The summed E-state index contributed by atoms with van der Waals surface area (Å²) in [4.78, 5) is 46.7. The van der Waals surface area contributed by atoms with E-state index in [4.69, 9.17) is 28.6 Å². The molecule has 0 radical (unpaired) electrons. The summed E-state index contributed by atoms with van der Waals surface area (Å²) in [7, 11) is 1.63. The van der Waals surface area contributed by atoms with Crippen LogP contribution in [0.1, 0.15) is 92.4 Å². The fraction of sp³-hybridized carbons (Fsp3) is 0.424. The third-order valence-corrected chi connectivity index (χ3v) is 16.3. The van der Waals surface area contributed by atoms with Gasteiger partial charge in [-0.25, -0.2) is 14.1 Å². The largest absolute Gasteiger partial charge is 0.486 e. The first-order chi connectivity index (χ1) is 38.7. The molecule has 20 nitrogen and oxygen atoms in total. The number of nitrogens with zero attached hydrogens (tertiary/aromatic N) is 9. The van der Waals surface area contributed by atoms with Crippen LogP contribution in [-0.4, -0.2) is 137 Å². The molecule has 2 amide bonds. The number of fused-ring (bicyclic) bond motifs is 4. The average molecular weight is 1090 g/mol. The summed E-state index contributed by atoms with van der Waals surface area (Å²) in [6, 6.07) is 16.8. The number of H-pyrrole nitrogens is 1. The van der Waals surface area contributed by atoms with Gasteiger partial charge in [-0.2, -0.15) is 15.1 Å². The number of rotatable bonds is 19. The topological polar surface area (TPSA) is 244 Å². The molecule has 4 fully saturated rings. The van der Waals surface area contributed by atoms with E-state index < -0.39 is 42.7 Å². The molecule has 12 rings (SSSR count). The van der Waals surface area contributed by atoms with Crippen molar-refractivity contribution in [3.8, 4) is 45.5 Å². The zero-order valence-electron chi connectivity index (χ0n) is 45.5. The van der Waals surface area contributed by atoms with Gasteiger partial charge in [0.2, 0.25) is 11.8 Å². The molecule has 4 aromatic carbocycles. The van der Waals surface area contributed by atoms with Gasteiger partial charge in [-0.1, -0.05) is 67.6 Å². The lowest BCUT2D eigenvalue weighted by Crippen LogP contribution is -2.50. The maximum absolute atomic E-state index is 16.1. The highest BCUT2D eigenvalue weighted by atomic mass is 19.1. The van der Waals surface area contributed by atoms with Crippen LogP contribution in [0.25, 0.3) is 55.5 Å². The van der Waals surface area contributed by atoms with Crippen molar-refractivity contribution in [2.45, 2.75) is 115 Å². The predicted molar refractivity (Wildman–Crippen MR) is 295 cm³/mol. The van der Waals surface area contributed by atoms with Crippen LogP contribution in [-0.2, 0) is 20.9 Å². The number of amides is 2. The van der Waals surface area contributed by atoms with Gasteiger partial charge >= 0.3 is 6.01 Å². The number of hydrogen-bond acceptors (Lipinski definition) is 16. The second kappa shape index (κ2) is 21.7. The Labute approximate surface area is 461 Å². The van der Waals surface area contributed by atoms with E-state index in [1.54, 1.807) is 38.6 Å². The van der Waals surface area contributed by atoms with Crippen LogP contribution in [0.15, 0.2) is 83.9 Å². The molecule has 21 heteroatoms. The van der Waals surface area contributed by atoms with Gasteiger partial charge in [0.15, 0.2) is 17.9 Å². The first-order valence-corrected chi connectivity index (χ1v) is 27.5. The Kier molecular flexibility index (Phi) is 14.3. The van der Waals surface area contributed by atoms with Gasteiger partial charge < -0.3 is 49.3 Å². The van der Waals surface area contributed by atoms with Crippen LogP contribution >= 0.6 is 0 Å². The van der Waals surface area contributed by atoms with Gasteiger partial charge in [-0.15, -0.1) is 5.10 Å². The zero-order valence-corrected chi connectivity index (χ0v) is 45.5. The molecule has 7 heterocycles. The molecule has 3 saturated heterocycles. The van der Waals surface area contributed by atoms with Crippen LogP contribution < -0.4 is 25.0 Å². The van der Waals surface area contributed by atoms with E-state index in [-0.39, 0.29) is 62.0 Å². The number of halogens is 1. The maximum atomic E-state index is 16.1. The SMILES string of the molecule is CO[C@@H](C)COc1nc(N2C[C@@H]3C[C@H]2CN3)c2cc(C3CC3)c(-c3c(C)c(F)cc4[nH]ncc34)c(OCc3ccc(-c4cn([C@H](C(=O)N5C[C@H](O)C[C@H]5C(=O)N[C@@H](CO)c5ccc(-c6ocnc6C)cc5)C(C)C)nn4)cc3)c2n1. The molecule has 416 valence electrons. The number of aliphatic hydroxyl groups excluding tert-OH is 2. The lowest BCUT2D eigenvalue weighted by atomic mass is 9.88. The van der Waals surface area contributed by atoms with Crippen molar-refractivity contribution < 1.29 is 42.8 Å². The van der Waals surface area contributed by atoms with E-state index >= 15 is 4.39 Å². The highest BCUT2D eigenvalue weighted by Gasteiger charge is 2.44. The van der Waals surface area contributed by atoms with Crippen molar-refractivity contribution in [3.63, 3.8) is 0 Å². The van der Waals surface area contributed by atoms with Crippen LogP contribution in [0.3, 0.4) is 0 Å². The Morgan fingerprint density at radius 2 is 1.75 bits per heavy atom. The third kappa shape index (κ3) is 10.00. The lowest BCUT2D eigenvalue weighted by Gasteiger charge is -2.30. The second-order valence-electron chi connectivity index (χ2n) is 22.2. The molecule has 5 N–H and O–H groups in total. The molecular weight excluding hydrogens is 1020 g/mol. The van der Waals surface area contributed by atoms with Gasteiger partial charge in [0, 0.05) is 78.3 Å². The fourth-order valence-electron chi connectivity index (χ4n) is 11.8. The molecule has 4 aliphatic rings. The van der Waals surface area contributed by atoms with Crippen molar-refractivity contribution in [2.24, 2.45) is 5.92 Å². The quantitative estimate of drug-likeness (QED) is 0.0534. The van der Waals surface area contributed by atoms with Gasteiger partial charge in [-0.3, -0.25) is 14.7 Å². The van der Waals surface area contributed by atoms with Crippen LogP contribution in [0.4, 0.5) is 10.2 Å². The smallest absolute Gasteiger partial charge is 0.319 e. The number of carbonyl (C=O) groups is 2. The molecule has 1 aliphatic carbocycles. The van der Waals surface area contributed by atoms with E-state index in [0.717, 1.165) is 82.5 Å². The minimum Gasteiger partial charge on any atom is -0.486 e. The van der Waals surface area contributed by atoms with Crippen LogP contribution in [0.2, 0.25) is 0 Å². The number of ether oxygens (including phenoxy) is 3. The van der Waals surface area contributed by atoms with Gasteiger partial charge in [0.1, 0.15) is 48.1 Å². The number of anilines is 1. The van der Waals surface area contributed by atoms with E-state index in [1.165, 1.54) is 22.0 Å². The van der Waals surface area contributed by atoms with Crippen LogP contribution in [0, 0.1) is 25.6 Å². The number of aromatic amines is 1. The fourth-order valence-corrected chi connectivity index (χ4v) is 11.8. The van der Waals surface area contributed by atoms with E-state index in [9.17, 15) is 19.8 Å². The first-order valence-electron chi connectivity index (χ1n) is 27.5. The maximum Gasteiger partial charge on any atom is 0.319 e. The summed E-state index contributed by atoms with van der Waals surface area (Å²) in [5.74, 6) is 0.576. The lowest BCUT2D eigenvalue weighted by molar-refractivity contribution is -0.142. The molecule has 2 bridgehead atoms. The number of piperazine rings is 1. The molecule has 0 spiro atoms. The van der Waals surface area contributed by atoms with E-state index in [2.05, 4.69) is 47.1 Å². The van der Waals surface area contributed by atoms with Crippen molar-refractivity contribution in [2.75, 3.05) is 44.9 Å². The van der Waals surface area contributed by atoms with Crippen molar-refractivity contribution >= 4 is 39.4 Å². The normalized spacial score (nSPS) is 20.1. The Balaban J connectivity index is 0.824. The number of aryl methyl sites for hydroxylation is 1. The number of methoxy groups -OCH3 is 1. The summed E-state index contributed by atoms with van der Waals surface area (Å²) in [5, 5.41) is 45.7. The first kappa shape index (κ1) is 52.8. The number of carbonyl (C=O) groups excluding carboxylic acids is 2. The average Bonchev–Trinajstić information content (AvgIpc) is 3.77. The highest BCUT2D eigenvalue weighted by Crippen LogP contribution is 2.53. The van der Waals surface area contributed by atoms with Gasteiger partial charge in [0.05, 0.1) is 48.5 Å². The number of hydrogen-bond donors (Lipinski definition) is 5. The third-order valence-electron chi connectivity index (χ3n) is 16.3. The number of oxazole rings is 1. The predicted octanol–water partition coefficient (Wildman–Crippen LogP) is 7.27. The molecule has 0 unspecified atom stereocenters. The van der Waals surface area contributed by atoms with Gasteiger partial charge in [0.25, 0.3) is 0 Å². The summed E-state index contributed by atoms with van der Waals surface area (Å²) in [6.07, 6.45) is 6.65. The highest BCUT2D eigenvalue weighted by molar-refractivity contribution is 6.06. The Morgan fingerprint density at radius 1 is 0.963 bits per heavy atom. The summed E-state index contributed by atoms with van der Waals surface area (Å²) >= 11 is 0. The molecule has 1 saturated carbocycles. The number of nitrogens with one attached hydrogen (secondary N) is 3. The summed E-state index contributed by atoms with van der Waals surface area (Å²) in [6.45, 7) is 10.9. The van der Waals surface area contributed by atoms with E-state index in [1.807, 2.05) is 64.1 Å². The van der Waals surface area contributed by atoms with Gasteiger partial charge in [-0.05, 0) is 86.3 Å². The van der Waals surface area contributed by atoms with Crippen molar-refractivity contribution in [3.05, 3.63) is 113 Å². The molecule has 80 heavy (non-hydrogen) atoms. The monoisotopic (exact) mass is 1090 g/mol. The molecule has 8 aromatic rings. The number of benzene rings is 4. The number of likely N-dealkylation sites (tertiary alicyclic amines) is 1. The molecular formula is C59H65FN12O8. The van der Waals surface area contributed by atoms with E-state index in [0.29, 0.717) is 51.0 Å². The Morgan fingerprint density at radius 3 is 2.44 bits per heavy atom. The standard InChI is InChI=1S/C59H65FN12O8/c1-30(2)53(58(76)71-24-41(74)18-49(71)57(75)64-48(26-73)37-13-15-38(16-14-37)54-33(5)62-29-80-54)72-25-47(68-69-72)36-9-7-34(8-10-36)28-78-55-51(50-32(4)45(60)20-46-44(50)22-63-67-46)42(35-11-12-35)19-43-52(55)65-59(79-27-31(3)77-6)66-56(43)70-23-39-17-40(70)21-61-39/h7-10,13-16,19-20,22,25,29-31,35,39-41,48-49,53,61,73-74H,11-12,17-18,21,23-24,26-28H2,1-6H3,(H,63,67)(H,64,75)/t31-,39-,40-,41+,48-,49-,53-/m0/s1. The second-order valence-corrected chi connectivity index (χ2v) is 22.2. The number of β-amino-alcohol motifs (C(OH)–C–C–N with tert-alkyl or cyclic N) is 1. The summed E-state index contributed by atoms with van der Waals surface area (Å²) < 4.78 is 42.1. The number of aromatic nitrogens is 8. The molecule has 4 aromatic heterocycles. The Hall–Kier alpha value is -7.85. The van der Waals surface area contributed by atoms with Crippen molar-refractivity contribution in [1.29, 1.82) is 0 Å². The number of aliphatic hydroxyl groups is 2. The minimum absolute atomic E-state index is 0.0286. The van der Waals surface area contributed by atoms with Crippen LogP contribution in [0.5, 0.6) is 11.8 Å². The van der Waals surface area contributed by atoms with Crippen molar-refractivity contribution in [1.82, 2.24) is 55.7 Å². The molecule has 7 atom stereocenters. The minimum atomic E-state index is -0.997. The summed E-state index contributed by atoms with van der Waals surface area (Å²) in [5.41, 5.74) is 8.37. The Bertz CT molecular complexity index is 3600.